The molecule has 3 heterocycles. The van der Waals surface area contributed by atoms with Crippen molar-refractivity contribution in [2.45, 2.75) is 37.6 Å². The van der Waals surface area contributed by atoms with Gasteiger partial charge in [-0.3, -0.25) is 9.52 Å². The third-order valence-corrected chi connectivity index (χ3v) is 8.67. The number of sulfonamides is 1. The predicted molar refractivity (Wildman–Crippen MR) is 159 cm³/mol. The number of rotatable bonds is 8. The van der Waals surface area contributed by atoms with E-state index in [1.807, 2.05) is 4.90 Å². The van der Waals surface area contributed by atoms with Gasteiger partial charge in [-0.25, -0.2) is 8.42 Å². The van der Waals surface area contributed by atoms with Crippen molar-refractivity contribution < 1.29 is 36.2 Å². The standard InChI is InChI=1S/C28H30ClF3N6O5S/c1-44(41,42)37-18-4-2-3-16(11-18)20-12-17(29)5-6-19(20)24(28(30,31)32)43-23-13-22(35-26(33)36-23)38-9-7-27(8-10-38)14-21(25(39)40)34-15-27/h2-6,11-13,21,24,34,37H,7-10,14-15H2,1H3,(H,39,40)(H2,33,35,36)/t21-,24-/m1/s1. The summed E-state index contributed by atoms with van der Waals surface area (Å²) >= 11 is 6.18. The van der Waals surface area contributed by atoms with Gasteiger partial charge in [0, 0.05) is 42.0 Å². The fraction of sp³-hybridized carbons (Fsp3) is 0.393. The van der Waals surface area contributed by atoms with Crippen LogP contribution in [0.2, 0.25) is 5.02 Å². The number of aromatic nitrogens is 2. The second-order valence-corrected chi connectivity index (χ2v) is 13.3. The highest BCUT2D eigenvalue weighted by atomic mass is 35.5. The van der Waals surface area contributed by atoms with Gasteiger partial charge in [-0.2, -0.15) is 23.1 Å². The van der Waals surface area contributed by atoms with E-state index in [0.29, 0.717) is 44.7 Å². The van der Waals surface area contributed by atoms with Gasteiger partial charge in [0.05, 0.1) is 6.26 Å². The quantitative estimate of drug-likeness (QED) is 0.273. The van der Waals surface area contributed by atoms with Gasteiger partial charge in [-0.15, -0.1) is 0 Å². The molecule has 11 nitrogen and oxygen atoms in total. The van der Waals surface area contributed by atoms with Crippen LogP contribution in [-0.4, -0.2) is 67.6 Å². The smallest absolute Gasteiger partial charge is 0.429 e. The maximum Gasteiger partial charge on any atom is 0.429 e. The average Bonchev–Trinajstić information content (AvgIpc) is 3.34. The van der Waals surface area contributed by atoms with E-state index < -0.39 is 40.2 Å². The highest BCUT2D eigenvalue weighted by Gasteiger charge is 2.46. The molecule has 16 heteroatoms. The summed E-state index contributed by atoms with van der Waals surface area (Å²) in [6.07, 6.45) is -4.61. The molecule has 2 aliphatic heterocycles. The molecule has 1 aromatic heterocycles. The third kappa shape index (κ3) is 7.27. The number of halogens is 4. The maximum absolute atomic E-state index is 14.6. The minimum absolute atomic E-state index is 0.0744. The summed E-state index contributed by atoms with van der Waals surface area (Å²) < 4.78 is 75.2. The summed E-state index contributed by atoms with van der Waals surface area (Å²) in [4.78, 5) is 21.4. The summed E-state index contributed by atoms with van der Waals surface area (Å²) in [6, 6.07) is 10.4. The highest BCUT2D eigenvalue weighted by Crippen LogP contribution is 2.43. The van der Waals surface area contributed by atoms with Crippen molar-refractivity contribution in [2.75, 3.05) is 41.2 Å². The second kappa shape index (κ2) is 11.9. The highest BCUT2D eigenvalue weighted by molar-refractivity contribution is 7.92. The zero-order valence-corrected chi connectivity index (χ0v) is 25.0. The lowest BCUT2D eigenvalue weighted by Crippen LogP contribution is -2.41. The Labute approximate surface area is 256 Å². The molecule has 2 fully saturated rings. The van der Waals surface area contributed by atoms with Gasteiger partial charge >= 0.3 is 12.1 Å². The Morgan fingerprint density at radius 3 is 2.57 bits per heavy atom. The number of piperidine rings is 1. The van der Waals surface area contributed by atoms with Crippen LogP contribution >= 0.6 is 11.6 Å². The molecule has 1 spiro atoms. The summed E-state index contributed by atoms with van der Waals surface area (Å²) in [5, 5.41) is 12.6. The van der Waals surface area contributed by atoms with Crippen molar-refractivity contribution >= 4 is 45.0 Å². The maximum atomic E-state index is 14.6. The van der Waals surface area contributed by atoms with Crippen LogP contribution in [0.1, 0.15) is 30.9 Å². The van der Waals surface area contributed by atoms with E-state index >= 15 is 0 Å². The number of benzene rings is 2. The number of carbonyl (C=O) groups is 1. The number of hydrogen-bond donors (Lipinski definition) is 4. The fourth-order valence-corrected chi connectivity index (χ4v) is 6.46. The molecule has 5 N–H and O–H groups in total. The first-order valence-corrected chi connectivity index (χ1v) is 15.8. The topological polar surface area (TPSA) is 160 Å². The molecule has 3 aromatic rings. The van der Waals surface area contributed by atoms with E-state index in [9.17, 15) is 31.5 Å². The lowest BCUT2D eigenvalue weighted by Gasteiger charge is -2.39. The van der Waals surface area contributed by atoms with Gasteiger partial charge in [0.1, 0.15) is 11.9 Å². The Kier molecular flexibility index (Phi) is 8.57. The predicted octanol–water partition coefficient (Wildman–Crippen LogP) is 4.47. The van der Waals surface area contributed by atoms with Crippen molar-refractivity contribution in [3.05, 3.63) is 59.1 Å². The molecule has 2 aliphatic rings. The van der Waals surface area contributed by atoms with Crippen LogP contribution in [0.25, 0.3) is 11.1 Å². The zero-order valence-electron chi connectivity index (χ0n) is 23.4. The van der Waals surface area contributed by atoms with Crippen molar-refractivity contribution in [1.82, 2.24) is 15.3 Å². The first kappa shape index (κ1) is 31.6. The second-order valence-electron chi connectivity index (χ2n) is 11.1. The van der Waals surface area contributed by atoms with Gasteiger partial charge in [0.2, 0.25) is 28.0 Å². The summed E-state index contributed by atoms with van der Waals surface area (Å²) in [7, 11) is -3.64. The normalized spacial score (nSPS) is 19.1. The molecule has 44 heavy (non-hydrogen) atoms. The number of ether oxygens (including phenoxy) is 1. The molecule has 2 atom stereocenters. The number of nitrogens with zero attached hydrogens (tertiary/aromatic N) is 3. The van der Waals surface area contributed by atoms with Crippen molar-refractivity contribution in [2.24, 2.45) is 5.41 Å². The van der Waals surface area contributed by atoms with E-state index in [2.05, 4.69) is 20.0 Å². The number of alkyl halides is 3. The lowest BCUT2D eigenvalue weighted by atomic mass is 9.76. The molecule has 0 amide bonds. The first-order valence-electron chi connectivity index (χ1n) is 13.6. The zero-order chi connectivity index (χ0) is 31.9. The number of carboxylic acids is 1. The number of hydrogen-bond acceptors (Lipinski definition) is 9. The summed E-state index contributed by atoms with van der Waals surface area (Å²) in [5.41, 5.74) is 5.94. The fourth-order valence-electron chi connectivity index (χ4n) is 5.73. The molecule has 2 aromatic carbocycles. The van der Waals surface area contributed by atoms with Gasteiger partial charge < -0.3 is 25.8 Å². The Hall–Kier alpha value is -3.82. The molecular weight excluding hydrogens is 625 g/mol. The molecule has 0 saturated carbocycles. The van der Waals surface area contributed by atoms with E-state index in [0.717, 1.165) is 6.26 Å². The van der Waals surface area contributed by atoms with Crippen LogP contribution < -0.4 is 25.4 Å². The van der Waals surface area contributed by atoms with Crippen LogP contribution in [0.4, 0.5) is 30.6 Å². The van der Waals surface area contributed by atoms with E-state index in [4.69, 9.17) is 22.1 Å². The van der Waals surface area contributed by atoms with Crippen LogP contribution in [0, 0.1) is 5.41 Å². The van der Waals surface area contributed by atoms with Crippen molar-refractivity contribution in [3.63, 3.8) is 0 Å². The first-order chi connectivity index (χ1) is 20.6. The number of aliphatic carboxylic acids is 1. The summed E-state index contributed by atoms with van der Waals surface area (Å²) in [6.45, 7) is 1.56. The molecule has 0 unspecified atom stereocenters. The van der Waals surface area contributed by atoms with Crippen LogP contribution in [-0.2, 0) is 14.8 Å². The Morgan fingerprint density at radius 1 is 1.20 bits per heavy atom. The Balaban J connectivity index is 1.43. The van der Waals surface area contributed by atoms with Crippen molar-refractivity contribution in [1.29, 1.82) is 0 Å². The Morgan fingerprint density at radius 2 is 1.93 bits per heavy atom. The SMILES string of the molecule is CS(=O)(=O)Nc1cccc(-c2cc(Cl)ccc2[C@@H](Oc2cc(N3CCC4(CC3)CN[C@@H](C(=O)O)C4)nc(N)n2)C(F)(F)F)c1. The minimum atomic E-state index is -4.90. The van der Waals surface area contributed by atoms with Crippen LogP contribution in [0.5, 0.6) is 5.88 Å². The third-order valence-electron chi connectivity index (χ3n) is 7.82. The van der Waals surface area contributed by atoms with Gasteiger partial charge in [-0.05, 0) is 60.1 Å². The molecule has 0 aliphatic carbocycles. The largest absolute Gasteiger partial charge is 0.480 e. The number of nitrogens with two attached hydrogens (primary N) is 1. The number of nitrogens with one attached hydrogen (secondary N) is 2. The molecular formula is C28H30ClF3N6O5S. The van der Waals surface area contributed by atoms with E-state index in [1.54, 1.807) is 0 Å². The molecule has 236 valence electrons. The van der Waals surface area contributed by atoms with E-state index in [1.165, 1.54) is 48.5 Å². The number of nitrogen functional groups attached to an aromatic ring is 1. The van der Waals surface area contributed by atoms with Crippen LogP contribution in [0.15, 0.2) is 48.5 Å². The molecule has 0 bridgehead atoms. The van der Waals surface area contributed by atoms with E-state index in [-0.39, 0.29) is 38.8 Å². The summed E-state index contributed by atoms with van der Waals surface area (Å²) in [5.74, 6) is -1.27. The lowest BCUT2D eigenvalue weighted by molar-refractivity contribution is -0.198. The van der Waals surface area contributed by atoms with Crippen molar-refractivity contribution in [3.8, 4) is 17.0 Å². The minimum Gasteiger partial charge on any atom is -0.480 e. The Bertz CT molecular complexity index is 1670. The molecule has 0 radical (unpaired) electrons. The number of anilines is 3. The molecule has 2 saturated heterocycles. The molecule has 5 rings (SSSR count). The van der Waals surface area contributed by atoms with Gasteiger partial charge in [-0.1, -0.05) is 29.8 Å². The van der Waals surface area contributed by atoms with Gasteiger partial charge in [0.15, 0.2) is 0 Å². The average molecular weight is 655 g/mol. The van der Waals surface area contributed by atoms with Gasteiger partial charge in [0.25, 0.3) is 0 Å². The number of carboxylic acid groups (broad SMARTS) is 1. The monoisotopic (exact) mass is 654 g/mol. The van der Waals surface area contributed by atoms with Crippen LogP contribution in [0.3, 0.4) is 0 Å².